The van der Waals surface area contributed by atoms with E-state index in [9.17, 15) is 0 Å². The van der Waals surface area contributed by atoms with Crippen molar-refractivity contribution in [2.24, 2.45) is 5.92 Å². The zero-order chi connectivity index (χ0) is 9.10. The van der Waals surface area contributed by atoms with Crippen molar-refractivity contribution in [1.29, 1.82) is 0 Å². The topological polar surface area (TPSA) is 52.1 Å². The minimum Gasteiger partial charge on any atom is -0.396 e. The van der Waals surface area contributed by atoms with Gasteiger partial charge in [0.25, 0.3) is 0 Å². The van der Waals surface area contributed by atoms with E-state index in [-0.39, 0.29) is 0 Å². The molecule has 1 aliphatic rings. The molecule has 0 amide bonds. The number of aliphatic hydroxyl groups is 1. The predicted octanol–water partition coefficient (Wildman–Crippen LogP) is 0.618. The highest BCUT2D eigenvalue weighted by atomic mass is 16.3. The van der Waals surface area contributed by atoms with Crippen molar-refractivity contribution in [2.75, 3.05) is 24.6 Å². The lowest BCUT2D eigenvalue weighted by molar-refractivity contribution is 0.209. The Morgan fingerprint density at radius 3 is 3.31 bits per heavy atom. The molecule has 72 valence electrons. The first-order valence-electron chi connectivity index (χ1n) is 4.74. The van der Waals surface area contributed by atoms with Gasteiger partial charge >= 0.3 is 0 Å². The molecule has 1 aliphatic heterocycles. The lowest BCUT2D eigenvalue weighted by atomic mass is 9.99. The van der Waals surface area contributed by atoms with Gasteiger partial charge in [0.15, 0.2) is 0 Å². The fourth-order valence-electron chi connectivity index (χ4n) is 1.87. The van der Waals surface area contributed by atoms with E-state index in [0.29, 0.717) is 12.5 Å². The largest absolute Gasteiger partial charge is 0.396 e. The van der Waals surface area contributed by atoms with Crippen molar-refractivity contribution in [2.45, 2.75) is 12.8 Å². The third-order valence-corrected chi connectivity index (χ3v) is 2.63. The maximum Gasteiger partial charge on any atom is 0.0749 e. The van der Waals surface area contributed by atoms with Gasteiger partial charge in [0, 0.05) is 25.9 Å². The minimum atomic E-state index is 0.300. The number of nitrogens with zero attached hydrogens (tertiary/aromatic N) is 2. The first-order chi connectivity index (χ1) is 6.40. The van der Waals surface area contributed by atoms with Gasteiger partial charge in [0.05, 0.1) is 11.9 Å². The van der Waals surface area contributed by atoms with Crippen molar-refractivity contribution in [3.8, 4) is 0 Å². The summed E-state index contributed by atoms with van der Waals surface area (Å²) in [6, 6.07) is 0. The zero-order valence-electron chi connectivity index (χ0n) is 7.61. The Balaban J connectivity index is 2.00. The predicted molar refractivity (Wildman–Crippen MR) is 50.6 cm³/mol. The number of aromatic nitrogens is 2. The molecule has 1 aromatic rings. The van der Waals surface area contributed by atoms with Crippen LogP contribution >= 0.6 is 0 Å². The molecule has 0 aromatic carbocycles. The number of aromatic amines is 1. The maximum atomic E-state index is 9.06. The Bertz CT molecular complexity index is 247. The number of anilines is 1. The quantitative estimate of drug-likeness (QED) is 0.703. The van der Waals surface area contributed by atoms with Crippen LogP contribution in [0.15, 0.2) is 12.4 Å². The van der Waals surface area contributed by atoms with Crippen molar-refractivity contribution in [1.82, 2.24) is 10.2 Å². The third kappa shape index (κ3) is 1.83. The van der Waals surface area contributed by atoms with Crippen LogP contribution in [0, 0.1) is 5.92 Å². The molecule has 13 heavy (non-hydrogen) atoms. The normalized spacial score (nSPS) is 23.5. The summed E-state index contributed by atoms with van der Waals surface area (Å²) in [7, 11) is 0. The van der Waals surface area contributed by atoms with Crippen LogP contribution in [0.3, 0.4) is 0 Å². The molecule has 2 rings (SSSR count). The number of hydrogen-bond donors (Lipinski definition) is 2. The second-order valence-electron chi connectivity index (χ2n) is 3.59. The van der Waals surface area contributed by atoms with Gasteiger partial charge in [-0.05, 0) is 18.8 Å². The van der Waals surface area contributed by atoms with E-state index in [4.69, 9.17) is 5.11 Å². The lowest BCUT2D eigenvalue weighted by Gasteiger charge is -2.32. The molecule has 0 spiro atoms. The summed E-state index contributed by atoms with van der Waals surface area (Å²) in [5.74, 6) is 0.434. The Labute approximate surface area is 77.6 Å². The van der Waals surface area contributed by atoms with Gasteiger partial charge in [-0.2, -0.15) is 5.10 Å². The molecule has 1 atom stereocenters. The van der Waals surface area contributed by atoms with E-state index in [1.54, 1.807) is 0 Å². The second-order valence-corrected chi connectivity index (χ2v) is 3.59. The Kier molecular flexibility index (Phi) is 2.49. The molecule has 4 nitrogen and oxygen atoms in total. The van der Waals surface area contributed by atoms with E-state index in [2.05, 4.69) is 15.1 Å². The first-order valence-corrected chi connectivity index (χ1v) is 4.74. The van der Waals surface area contributed by atoms with Crippen LogP contribution in [-0.4, -0.2) is 35.0 Å². The Hall–Kier alpha value is -1.03. The average molecular weight is 181 g/mol. The monoisotopic (exact) mass is 181 g/mol. The highest BCUT2D eigenvalue weighted by Crippen LogP contribution is 2.21. The zero-order valence-corrected chi connectivity index (χ0v) is 7.61. The van der Waals surface area contributed by atoms with Gasteiger partial charge in [-0.1, -0.05) is 0 Å². The van der Waals surface area contributed by atoms with Crippen molar-refractivity contribution >= 4 is 5.69 Å². The van der Waals surface area contributed by atoms with Crippen LogP contribution in [0.1, 0.15) is 12.8 Å². The van der Waals surface area contributed by atoms with Crippen LogP contribution in [0.25, 0.3) is 0 Å². The molecule has 0 aliphatic carbocycles. The van der Waals surface area contributed by atoms with Crippen molar-refractivity contribution < 1.29 is 5.11 Å². The Morgan fingerprint density at radius 2 is 2.62 bits per heavy atom. The second kappa shape index (κ2) is 3.79. The highest BCUT2D eigenvalue weighted by molar-refractivity contribution is 5.42. The van der Waals surface area contributed by atoms with Crippen molar-refractivity contribution in [3.63, 3.8) is 0 Å². The van der Waals surface area contributed by atoms with Gasteiger partial charge < -0.3 is 10.0 Å². The summed E-state index contributed by atoms with van der Waals surface area (Å²) in [5.41, 5.74) is 1.14. The number of hydrogen-bond acceptors (Lipinski definition) is 3. The van der Waals surface area contributed by atoms with Crippen LogP contribution in [-0.2, 0) is 0 Å². The summed E-state index contributed by atoms with van der Waals surface area (Å²) >= 11 is 0. The standard InChI is InChI=1S/C9H15N3O/c13-7-8-2-1-3-12(6-8)9-4-10-11-5-9/h4-5,8,13H,1-3,6-7H2,(H,10,11). The lowest BCUT2D eigenvalue weighted by Crippen LogP contribution is -2.36. The first kappa shape index (κ1) is 8.56. The van der Waals surface area contributed by atoms with Crippen LogP contribution in [0.4, 0.5) is 5.69 Å². The number of aliphatic hydroxyl groups excluding tert-OH is 1. The summed E-state index contributed by atoms with van der Waals surface area (Å²) in [6.07, 6.45) is 6.04. The molecule has 0 radical (unpaired) electrons. The van der Waals surface area contributed by atoms with Crippen molar-refractivity contribution in [3.05, 3.63) is 12.4 Å². The molecule has 0 bridgehead atoms. The van der Waals surface area contributed by atoms with Crippen LogP contribution in [0.2, 0.25) is 0 Å². The smallest absolute Gasteiger partial charge is 0.0749 e. The highest BCUT2D eigenvalue weighted by Gasteiger charge is 2.19. The minimum absolute atomic E-state index is 0.300. The summed E-state index contributed by atoms with van der Waals surface area (Å²) < 4.78 is 0. The summed E-state index contributed by atoms with van der Waals surface area (Å²) in [5, 5.41) is 15.8. The van der Waals surface area contributed by atoms with E-state index in [1.165, 1.54) is 0 Å². The summed E-state index contributed by atoms with van der Waals surface area (Å²) in [6.45, 7) is 2.33. The van der Waals surface area contributed by atoms with Gasteiger partial charge in [0.2, 0.25) is 0 Å². The van der Waals surface area contributed by atoms with Crippen LogP contribution in [0.5, 0.6) is 0 Å². The third-order valence-electron chi connectivity index (χ3n) is 2.63. The van der Waals surface area contributed by atoms with E-state index < -0.39 is 0 Å². The van der Waals surface area contributed by atoms with Gasteiger partial charge in [-0.15, -0.1) is 0 Å². The fraction of sp³-hybridized carbons (Fsp3) is 0.667. The molecule has 2 heterocycles. The number of nitrogens with one attached hydrogen (secondary N) is 1. The maximum absolute atomic E-state index is 9.06. The molecular formula is C9H15N3O. The molecule has 0 saturated carbocycles. The van der Waals surface area contributed by atoms with E-state index in [1.807, 2.05) is 12.4 Å². The number of H-pyrrole nitrogens is 1. The van der Waals surface area contributed by atoms with Gasteiger partial charge in [0.1, 0.15) is 0 Å². The molecule has 1 aromatic heterocycles. The average Bonchev–Trinajstić information content (AvgIpc) is 2.71. The van der Waals surface area contributed by atoms with Gasteiger partial charge in [-0.3, -0.25) is 5.10 Å². The molecule has 1 saturated heterocycles. The molecule has 1 fully saturated rings. The number of piperidine rings is 1. The molecule has 1 unspecified atom stereocenters. The fourth-order valence-corrected chi connectivity index (χ4v) is 1.87. The molecular weight excluding hydrogens is 166 g/mol. The molecule has 2 N–H and O–H groups in total. The Morgan fingerprint density at radius 1 is 1.69 bits per heavy atom. The van der Waals surface area contributed by atoms with Crippen LogP contribution < -0.4 is 4.90 Å². The van der Waals surface area contributed by atoms with E-state index in [0.717, 1.165) is 31.6 Å². The van der Waals surface area contributed by atoms with E-state index >= 15 is 0 Å². The number of rotatable bonds is 2. The SMILES string of the molecule is OCC1CCCN(c2cn[nH]c2)C1. The van der Waals surface area contributed by atoms with Gasteiger partial charge in [-0.25, -0.2) is 0 Å². The summed E-state index contributed by atoms with van der Waals surface area (Å²) in [4.78, 5) is 2.27. The molecule has 4 heteroatoms.